The first-order chi connectivity index (χ1) is 13.3. The Bertz CT molecular complexity index is 1080. The molecule has 7 nitrogen and oxygen atoms in total. The summed E-state index contributed by atoms with van der Waals surface area (Å²) in [5, 5.41) is 12.0. The molecule has 0 spiro atoms. The van der Waals surface area contributed by atoms with Crippen LogP contribution in [-0.4, -0.2) is 42.8 Å². The molecule has 0 unspecified atom stereocenters. The summed E-state index contributed by atoms with van der Waals surface area (Å²) in [6, 6.07) is 12.1. The second-order valence-corrected chi connectivity index (χ2v) is 8.69. The first-order valence-electron chi connectivity index (χ1n) is 8.92. The maximum atomic E-state index is 12.6. The molecule has 0 N–H and O–H groups in total. The summed E-state index contributed by atoms with van der Waals surface area (Å²) in [6.07, 6.45) is 2.22. The van der Waals surface area contributed by atoms with Gasteiger partial charge < -0.3 is 0 Å². The molecular formula is C18H18N6OS2. The Morgan fingerprint density at radius 1 is 1.15 bits per heavy atom. The number of thiazole rings is 1. The van der Waals surface area contributed by atoms with Crippen molar-refractivity contribution in [1.82, 2.24) is 29.7 Å². The Morgan fingerprint density at radius 3 is 2.93 bits per heavy atom. The van der Waals surface area contributed by atoms with E-state index in [1.807, 2.05) is 23.6 Å². The van der Waals surface area contributed by atoms with E-state index in [0.29, 0.717) is 12.6 Å². The van der Waals surface area contributed by atoms with Crippen LogP contribution in [0, 0.1) is 0 Å². The maximum Gasteiger partial charge on any atom is 0.370 e. The molecule has 1 saturated heterocycles. The second-order valence-electron chi connectivity index (χ2n) is 6.70. The number of thiophene rings is 1. The van der Waals surface area contributed by atoms with Crippen molar-refractivity contribution in [2.75, 3.05) is 13.1 Å². The molecular weight excluding hydrogens is 380 g/mol. The van der Waals surface area contributed by atoms with E-state index in [2.05, 4.69) is 33.5 Å². The minimum absolute atomic E-state index is 0.195. The first kappa shape index (κ1) is 16.8. The predicted octanol–water partition coefficient (Wildman–Crippen LogP) is 2.94. The number of piperidine rings is 1. The molecule has 1 fully saturated rings. The molecule has 0 saturated carbocycles. The van der Waals surface area contributed by atoms with Crippen molar-refractivity contribution >= 4 is 32.9 Å². The predicted molar refractivity (Wildman–Crippen MR) is 107 cm³/mol. The van der Waals surface area contributed by atoms with E-state index in [0.717, 1.165) is 36.4 Å². The SMILES string of the molecule is O=c1n(CN2CCC[C@H](c3nc4ccccc4s3)C2)nnn1-c1cccs1. The van der Waals surface area contributed by atoms with Crippen LogP contribution in [0.1, 0.15) is 23.8 Å². The third kappa shape index (κ3) is 3.22. The molecule has 1 aromatic carbocycles. The van der Waals surface area contributed by atoms with Crippen molar-refractivity contribution in [2.45, 2.75) is 25.4 Å². The molecule has 0 amide bonds. The Morgan fingerprint density at radius 2 is 2.07 bits per heavy atom. The molecule has 4 aromatic rings. The van der Waals surface area contributed by atoms with Gasteiger partial charge in [-0.2, -0.15) is 9.36 Å². The van der Waals surface area contributed by atoms with Crippen LogP contribution in [-0.2, 0) is 6.67 Å². The van der Waals surface area contributed by atoms with Crippen molar-refractivity contribution in [2.24, 2.45) is 0 Å². The Hall–Kier alpha value is -2.36. The Kier molecular flexibility index (Phi) is 4.35. The van der Waals surface area contributed by atoms with Crippen molar-refractivity contribution in [3.8, 4) is 5.00 Å². The van der Waals surface area contributed by atoms with Gasteiger partial charge in [-0.3, -0.25) is 4.90 Å². The van der Waals surface area contributed by atoms with Crippen molar-refractivity contribution < 1.29 is 0 Å². The molecule has 9 heteroatoms. The second kappa shape index (κ2) is 6.99. The number of rotatable bonds is 4. The van der Waals surface area contributed by atoms with Gasteiger partial charge in [0.2, 0.25) is 0 Å². The molecule has 4 heterocycles. The van der Waals surface area contributed by atoms with E-state index in [9.17, 15) is 4.79 Å². The van der Waals surface area contributed by atoms with Gasteiger partial charge in [-0.25, -0.2) is 9.78 Å². The molecule has 138 valence electrons. The zero-order chi connectivity index (χ0) is 18.2. The highest BCUT2D eigenvalue weighted by atomic mass is 32.1. The number of likely N-dealkylation sites (tertiary alicyclic amines) is 1. The summed E-state index contributed by atoms with van der Waals surface area (Å²) < 4.78 is 4.04. The van der Waals surface area contributed by atoms with Gasteiger partial charge >= 0.3 is 5.69 Å². The lowest BCUT2D eigenvalue weighted by Crippen LogP contribution is -2.39. The van der Waals surface area contributed by atoms with Gasteiger partial charge in [0.1, 0.15) is 11.7 Å². The summed E-state index contributed by atoms with van der Waals surface area (Å²) in [5.41, 5.74) is 0.879. The van der Waals surface area contributed by atoms with E-state index in [1.54, 1.807) is 11.3 Å². The van der Waals surface area contributed by atoms with E-state index >= 15 is 0 Å². The highest BCUT2D eigenvalue weighted by molar-refractivity contribution is 7.18. The van der Waals surface area contributed by atoms with Crippen molar-refractivity contribution in [3.63, 3.8) is 0 Å². The van der Waals surface area contributed by atoms with E-state index in [1.165, 1.54) is 30.4 Å². The van der Waals surface area contributed by atoms with Crippen LogP contribution in [0.3, 0.4) is 0 Å². The fourth-order valence-corrected chi connectivity index (χ4v) is 5.29. The highest BCUT2D eigenvalue weighted by Gasteiger charge is 2.25. The molecule has 0 radical (unpaired) electrons. The average Bonchev–Trinajstić information content (AvgIpc) is 3.42. The topological polar surface area (TPSA) is 68.8 Å². The van der Waals surface area contributed by atoms with E-state index in [4.69, 9.17) is 4.98 Å². The zero-order valence-electron chi connectivity index (χ0n) is 14.6. The largest absolute Gasteiger partial charge is 0.370 e. The summed E-state index contributed by atoms with van der Waals surface area (Å²) >= 11 is 3.26. The summed E-state index contributed by atoms with van der Waals surface area (Å²) in [4.78, 5) is 19.7. The molecule has 1 atom stereocenters. The average molecular weight is 399 g/mol. The zero-order valence-corrected chi connectivity index (χ0v) is 16.2. The smallest absolute Gasteiger partial charge is 0.283 e. The number of para-hydroxylation sites is 1. The van der Waals surface area contributed by atoms with Crippen LogP contribution in [0.15, 0.2) is 46.6 Å². The van der Waals surface area contributed by atoms with Gasteiger partial charge in [0.15, 0.2) is 0 Å². The Balaban J connectivity index is 1.34. The first-order valence-corrected chi connectivity index (χ1v) is 10.6. The normalized spacial score (nSPS) is 18.3. The lowest BCUT2D eigenvalue weighted by Gasteiger charge is -2.30. The van der Waals surface area contributed by atoms with Crippen LogP contribution in [0.5, 0.6) is 0 Å². The number of tetrazole rings is 1. The lowest BCUT2D eigenvalue weighted by molar-refractivity contribution is 0.154. The van der Waals surface area contributed by atoms with Gasteiger partial charge in [-0.15, -0.1) is 22.7 Å². The van der Waals surface area contributed by atoms with Crippen LogP contribution in [0.25, 0.3) is 15.2 Å². The number of fused-ring (bicyclic) bond motifs is 1. The summed E-state index contributed by atoms with van der Waals surface area (Å²) in [5.74, 6) is 0.402. The fraction of sp³-hybridized carbons (Fsp3) is 0.333. The number of hydrogen-bond acceptors (Lipinski definition) is 7. The number of aromatic nitrogens is 5. The monoisotopic (exact) mass is 398 g/mol. The molecule has 1 aliphatic heterocycles. The summed E-state index contributed by atoms with van der Waals surface area (Å²) in [7, 11) is 0. The number of benzene rings is 1. The minimum Gasteiger partial charge on any atom is -0.283 e. The quantitative estimate of drug-likeness (QED) is 0.529. The van der Waals surface area contributed by atoms with Gasteiger partial charge in [0.25, 0.3) is 0 Å². The van der Waals surface area contributed by atoms with Gasteiger partial charge in [0.05, 0.1) is 15.2 Å². The number of hydrogen-bond donors (Lipinski definition) is 0. The summed E-state index contributed by atoms with van der Waals surface area (Å²) in [6.45, 7) is 2.31. The molecule has 3 aromatic heterocycles. The van der Waals surface area contributed by atoms with Gasteiger partial charge in [-0.1, -0.05) is 12.1 Å². The van der Waals surface area contributed by atoms with Crippen LogP contribution < -0.4 is 5.69 Å². The number of nitrogens with zero attached hydrogens (tertiary/aromatic N) is 6. The highest BCUT2D eigenvalue weighted by Crippen LogP contribution is 2.32. The third-order valence-corrected chi connectivity index (χ3v) is 6.90. The fourth-order valence-electron chi connectivity index (χ4n) is 3.53. The Labute approximate surface area is 163 Å². The van der Waals surface area contributed by atoms with Crippen LogP contribution in [0.2, 0.25) is 0 Å². The van der Waals surface area contributed by atoms with Gasteiger partial charge in [-0.05, 0) is 59.5 Å². The van der Waals surface area contributed by atoms with Crippen LogP contribution in [0.4, 0.5) is 0 Å². The maximum absolute atomic E-state index is 12.6. The molecule has 0 bridgehead atoms. The van der Waals surface area contributed by atoms with E-state index < -0.39 is 0 Å². The van der Waals surface area contributed by atoms with E-state index in [-0.39, 0.29) is 5.69 Å². The molecule has 0 aliphatic carbocycles. The van der Waals surface area contributed by atoms with Gasteiger partial charge in [0, 0.05) is 12.5 Å². The molecule has 5 rings (SSSR count). The van der Waals surface area contributed by atoms with Crippen LogP contribution >= 0.6 is 22.7 Å². The molecule has 27 heavy (non-hydrogen) atoms. The standard InChI is InChI=1S/C18H18N6OS2/c25-18-23(20-21-24(18)16-8-4-10-26-16)12-22-9-3-5-13(11-22)17-19-14-6-1-2-7-15(14)27-17/h1-2,4,6-8,10,13H,3,5,9,11-12H2/t13-/m0/s1. The minimum atomic E-state index is -0.195. The van der Waals surface area contributed by atoms with Crippen molar-refractivity contribution in [1.29, 1.82) is 0 Å². The molecule has 1 aliphatic rings. The third-order valence-electron chi connectivity index (χ3n) is 4.85. The van der Waals surface area contributed by atoms with Crippen molar-refractivity contribution in [3.05, 3.63) is 57.3 Å². The lowest BCUT2D eigenvalue weighted by atomic mass is 9.99.